The van der Waals surface area contributed by atoms with E-state index in [0.717, 1.165) is 32.3 Å². The third-order valence-electron chi connectivity index (χ3n) is 3.60. The van der Waals surface area contributed by atoms with Crippen molar-refractivity contribution in [2.45, 2.75) is 65.0 Å². The first-order chi connectivity index (χ1) is 8.16. The molecule has 0 unspecified atom stereocenters. The van der Waals surface area contributed by atoms with Crippen molar-refractivity contribution in [3.05, 3.63) is 0 Å². The highest BCUT2D eigenvalue weighted by molar-refractivity contribution is 5.76. The maximum absolute atomic E-state index is 12.0. The van der Waals surface area contributed by atoms with E-state index in [4.69, 9.17) is 4.74 Å². The van der Waals surface area contributed by atoms with Gasteiger partial charge in [-0.05, 0) is 19.3 Å². The van der Waals surface area contributed by atoms with Crippen LogP contribution in [0.4, 0.5) is 0 Å². The van der Waals surface area contributed by atoms with Gasteiger partial charge in [-0.2, -0.15) is 0 Å². The quantitative estimate of drug-likeness (QED) is 0.668. The molecule has 0 saturated carbocycles. The second-order valence-corrected chi connectivity index (χ2v) is 5.20. The van der Waals surface area contributed by atoms with E-state index in [9.17, 15) is 4.79 Å². The van der Waals surface area contributed by atoms with E-state index >= 15 is 0 Å². The van der Waals surface area contributed by atoms with Crippen molar-refractivity contribution in [2.75, 3.05) is 13.7 Å². The predicted molar refractivity (Wildman–Crippen MR) is 69.7 cm³/mol. The lowest BCUT2D eigenvalue weighted by atomic mass is 10.0. The van der Waals surface area contributed by atoms with E-state index in [0.29, 0.717) is 12.3 Å². The molecule has 17 heavy (non-hydrogen) atoms. The van der Waals surface area contributed by atoms with Gasteiger partial charge in [0, 0.05) is 26.0 Å². The molecule has 0 aromatic heterocycles. The average molecular weight is 241 g/mol. The lowest BCUT2D eigenvalue weighted by molar-refractivity contribution is -0.154. The van der Waals surface area contributed by atoms with Crippen LogP contribution in [0.25, 0.3) is 0 Å². The molecule has 1 fully saturated rings. The third-order valence-corrected chi connectivity index (χ3v) is 3.60. The minimum atomic E-state index is 0.00225. The first kappa shape index (κ1) is 14.5. The van der Waals surface area contributed by atoms with Crippen LogP contribution in [0.1, 0.15) is 58.8 Å². The molecule has 0 aromatic carbocycles. The van der Waals surface area contributed by atoms with E-state index in [1.165, 1.54) is 12.8 Å². The molecule has 2 atom stereocenters. The van der Waals surface area contributed by atoms with Gasteiger partial charge in [0.15, 0.2) is 0 Å². The molecule has 1 aliphatic rings. The van der Waals surface area contributed by atoms with Crippen LogP contribution in [0, 0.1) is 5.92 Å². The summed E-state index contributed by atoms with van der Waals surface area (Å²) in [5.74, 6) is 0.702. The van der Waals surface area contributed by atoms with Gasteiger partial charge in [0.05, 0.1) is 0 Å². The van der Waals surface area contributed by atoms with E-state index in [1.807, 2.05) is 11.9 Å². The highest BCUT2D eigenvalue weighted by Gasteiger charge is 2.28. The molecule has 0 radical (unpaired) electrons. The minimum Gasteiger partial charge on any atom is -0.358 e. The maximum Gasteiger partial charge on any atom is 0.224 e. The highest BCUT2D eigenvalue weighted by atomic mass is 16.5. The van der Waals surface area contributed by atoms with Gasteiger partial charge in [-0.3, -0.25) is 4.79 Å². The Morgan fingerprint density at radius 2 is 2.12 bits per heavy atom. The second-order valence-electron chi connectivity index (χ2n) is 5.20. The van der Waals surface area contributed by atoms with Gasteiger partial charge in [0.1, 0.15) is 6.23 Å². The number of amides is 1. The van der Waals surface area contributed by atoms with Gasteiger partial charge in [-0.1, -0.05) is 33.1 Å². The maximum atomic E-state index is 12.0. The fourth-order valence-electron chi connectivity index (χ4n) is 2.43. The molecule has 0 aliphatic carbocycles. The van der Waals surface area contributed by atoms with Crippen LogP contribution < -0.4 is 0 Å². The Hall–Kier alpha value is -0.570. The van der Waals surface area contributed by atoms with Gasteiger partial charge < -0.3 is 9.64 Å². The number of carbonyl (C=O) groups excluding carboxylic acids is 1. The topological polar surface area (TPSA) is 29.5 Å². The van der Waals surface area contributed by atoms with Crippen LogP contribution in [0.3, 0.4) is 0 Å². The number of unbranched alkanes of at least 4 members (excludes halogenated alkanes) is 3. The zero-order chi connectivity index (χ0) is 12.7. The summed E-state index contributed by atoms with van der Waals surface area (Å²) in [7, 11) is 1.88. The molecule has 100 valence electrons. The van der Waals surface area contributed by atoms with E-state index < -0.39 is 0 Å². The van der Waals surface area contributed by atoms with Gasteiger partial charge in [-0.25, -0.2) is 0 Å². The molecule has 3 heteroatoms. The first-order valence-electron chi connectivity index (χ1n) is 7.04. The molecule has 0 N–H and O–H groups in total. The lowest BCUT2D eigenvalue weighted by Crippen LogP contribution is -2.45. The fraction of sp³-hybridized carbons (Fsp3) is 0.929. The standard InChI is InChI=1S/C14H27NO2/c1-4-5-6-7-10-13(16)15(3)14-12(2)9-8-11-17-14/h12,14H,4-11H2,1-3H3/t12-,14-/m0/s1. The summed E-state index contributed by atoms with van der Waals surface area (Å²) in [6.45, 7) is 5.15. The second kappa shape index (κ2) is 7.70. The van der Waals surface area contributed by atoms with Crippen LogP contribution in [-0.2, 0) is 9.53 Å². The summed E-state index contributed by atoms with van der Waals surface area (Å²) < 4.78 is 5.71. The summed E-state index contributed by atoms with van der Waals surface area (Å²) in [6.07, 6.45) is 7.58. The Labute approximate surface area is 106 Å². The number of ether oxygens (including phenoxy) is 1. The van der Waals surface area contributed by atoms with Gasteiger partial charge >= 0.3 is 0 Å². The van der Waals surface area contributed by atoms with Crippen molar-refractivity contribution in [1.29, 1.82) is 0 Å². The molecular formula is C14H27NO2. The molecule has 1 aliphatic heterocycles. The SMILES string of the molecule is CCCCCCC(=O)N(C)[C@H]1OCCC[C@@H]1C. The van der Waals surface area contributed by atoms with Crippen LogP contribution in [-0.4, -0.2) is 30.7 Å². The summed E-state index contributed by atoms with van der Waals surface area (Å²) in [5.41, 5.74) is 0. The van der Waals surface area contributed by atoms with Crippen molar-refractivity contribution < 1.29 is 9.53 Å². The largest absolute Gasteiger partial charge is 0.358 e. The minimum absolute atomic E-state index is 0.00225. The number of carbonyl (C=O) groups is 1. The highest BCUT2D eigenvalue weighted by Crippen LogP contribution is 2.23. The smallest absolute Gasteiger partial charge is 0.224 e. The van der Waals surface area contributed by atoms with Crippen molar-refractivity contribution in [2.24, 2.45) is 5.92 Å². The molecule has 1 amide bonds. The molecule has 0 aromatic rings. The summed E-state index contributed by atoms with van der Waals surface area (Å²) in [6, 6.07) is 0. The zero-order valence-electron chi connectivity index (χ0n) is 11.6. The number of hydrogen-bond acceptors (Lipinski definition) is 2. The number of hydrogen-bond donors (Lipinski definition) is 0. The van der Waals surface area contributed by atoms with E-state index in [1.54, 1.807) is 0 Å². The summed E-state index contributed by atoms with van der Waals surface area (Å²) in [5, 5.41) is 0. The molecule has 1 saturated heterocycles. The van der Waals surface area contributed by atoms with E-state index in [-0.39, 0.29) is 12.1 Å². The normalized spacial score (nSPS) is 24.6. The Morgan fingerprint density at radius 1 is 1.35 bits per heavy atom. The van der Waals surface area contributed by atoms with Crippen LogP contribution >= 0.6 is 0 Å². The van der Waals surface area contributed by atoms with Crippen molar-refractivity contribution >= 4 is 5.91 Å². The fourth-order valence-corrected chi connectivity index (χ4v) is 2.43. The van der Waals surface area contributed by atoms with Gasteiger partial charge in [-0.15, -0.1) is 0 Å². The Balaban J connectivity index is 2.29. The van der Waals surface area contributed by atoms with E-state index in [2.05, 4.69) is 13.8 Å². The Kier molecular flexibility index (Phi) is 6.56. The van der Waals surface area contributed by atoms with Crippen molar-refractivity contribution in [1.82, 2.24) is 4.90 Å². The van der Waals surface area contributed by atoms with Gasteiger partial charge in [0.25, 0.3) is 0 Å². The molecule has 1 heterocycles. The lowest BCUT2D eigenvalue weighted by Gasteiger charge is -2.36. The van der Waals surface area contributed by atoms with Crippen LogP contribution in [0.5, 0.6) is 0 Å². The van der Waals surface area contributed by atoms with Crippen molar-refractivity contribution in [3.63, 3.8) is 0 Å². The predicted octanol–water partition coefficient (Wildman–Crippen LogP) is 3.19. The average Bonchev–Trinajstić information content (AvgIpc) is 2.34. The Bertz CT molecular complexity index is 230. The molecule has 3 nitrogen and oxygen atoms in total. The monoisotopic (exact) mass is 241 g/mol. The summed E-state index contributed by atoms with van der Waals surface area (Å²) >= 11 is 0. The van der Waals surface area contributed by atoms with Crippen LogP contribution in [0.2, 0.25) is 0 Å². The molecular weight excluding hydrogens is 214 g/mol. The number of rotatable bonds is 6. The van der Waals surface area contributed by atoms with Crippen molar-refractivity contribution in [3.8, 4) is 0 Å². The first-order valence-corrected chi connectivity index (χ1v) is 7.04. The van der Waals surface area contributed by atoms with Gasteiger partial charge in [0.2, 0.25) is 5.91 Å². The summed E-state index contributed by atoms with van der Waals surface area (Å²) in [4.78, 5) is 13.8. The Morgan fingerprint density at radius 3 is 2.76 bits per heavy atom. The molecule has 1 rings (SSSR count). The van der Waals surface area contributed by atoms with Crippen LogP contribution in [0.15, 0.2) is 0 Å². The zero-order valence-corrected chi connectivity index (χ0v) is 11.6. The number of nitrogens with zero attached hydrogens (tertiary/aromatic N) is 1. The molecule has 0 bridgehead atoms. The third kappa shape index (κ3) is 4.66. The molecule has 0 spiro atoms.